The molecule has 4 rings (SSSR count). The van der Waals surface area contributed by atoms with E-state index in [0.717, 1.165) is 22.4 Å². The van der Waals surface area contributed by atoms with E-state index >= 15 is 0 Å². The fraction of sp³-hybridized carbons (Fsp3) is 0.150. The maximum atomic E-state index is 6.21. The molecule has 7 heteroatoms. The number of nitrogens with zero attached hydrogens (tertiary/aromatic N) is 4. The minimum absolute atomic E-state index is 0.527. The van der Waals surface area contributed by atoms with E-state index in [2.05, 4.69) is 46.4 Å². The van der Waals surface area contributed by atoms with E-state index in [-0.39, 0.29) is 0 Å². The molecule has 0 saturated carbocycles. The Hall–Kier alpha value is -3.12. The number of ether oxygens (including phenoxy) is 1. The van der Waals surface area contributed by atoms with Gasteiger partial charge in [0.15, 0.2) is 5.65 Å². The largest absolute Gasteiger partial charge is 0.495 e. The van der Waals surface area contributed by atoms with Gasteiger partial charge in [0.25, 0.3) is 0 Å². The van der Waals surface area contributed by atoms with Crippen molar-refractivity contribution in [1.29, 1.82) is 0 Å². The van der Waals surface area contributed by atoms with Crippen molar-refractivity contribution in [3.8, 4) is 11.4 Å². The average Bonchev–Trinajstić information content (AvgIpc) is 3.09. The number of aromatic nitrogens is 4. The Kier molecular flexibility index (Phi) is 4.41. The van der Waals surface area contributed by atoms with Crippen LogP contribution in [0, 0.1) is 13.8 Å². The van der Waals surface area contributed by atoms with Crippen molar-refractivity contribution >= 4 is 34.1 Å². The maximum absolute atomic E-state index is 6.21. The van der Waals surface area contributed by atoms with Crippen LogP contribution in [0.4, 0.5) is 11.5 Å². The summed E-state index contributed by atoms with van der Waals surface area (Å²) < 4.78 is 7.01. The summed E-state index contributed by atoms with van der Waals surface area (Å²) in [5, 5.41) is 9.14. The van der Waals surface area contributed by atoms with E-state index in [1.807, 2.05) is 22.9 Å². The predicted octanol–water partition coefficient (Wildman–Crippen LogP) is 4.84. The van der Waals surface area contributed by atoms with E-state index in [0.29, 0.717) is 16.6 Å². The molecule has 0 aliphatic heterocycles. The normalized spacial score (nSPS) is 11.0. The average molecular weight is 380 g/mol. The third-order valence-electron chi connectivity index (χ3n) is 4.52. The van der Waals surface area contributed by atoms with Crippen LogP contribution in [-0.4, -0.2) is 26.9 Å². The first-order valence-electron chi connectivity index (χ1n) is 8.44. The molecule has 0 unspecified atom stereocenters. The molecule has 27 heavy (non-hydrogen) atoms. The van der Waals surface area contributed by atoms with Crippen LogP contribution in [0.2, 0.25) is 5.02 Å². The Labute approximate surface area is 161 Å². The van der Waals surface area contributed by atoms with E-state index in [9.17, 15) is 0 Å². The smallest absolute Gasteiger partial charge is 0.168 e. The number of rotatable bonds is 4. The summed E-state index contributed by atoms with van der Waals surface area (Å²) in [6.07, 6.45) is 3.28. The second-order valence-electron chi connectivity index (χ2n) is 6.26. The lowest BCUT2D eigenvalue weighted by Crippen LogP contribution is -2.00. The highest BCUT2D eigenvalue weighted by molar-refractivity contribution is 6.32. The monoisotopic (exact) mass is 379 g/mol. The number of aryl methyl sites for hydroxylation is 2. The van der Waals surface area contributed by atoms with Gasteiger partial charge in [-0.05, 0) is 55.3 Å². The number of nitrogens with one attached hydrogen (secondary N) is 1. The third-order valence-corrected chi connectivity index (χ3v) is 4.81. The van der Waals surface area contributed by atoms with Crippen molar-refractivity contribution in [2.75, 3.05) is 12.4 Å². The zero-order valence-electron chi connectivity index (χ0n) is 15.2. The van der Waals surface area contributed by atoms with Gasteiger partial charge in [0.2, 0.25) is 0 Å². The molecule has 0 bridgehead atoms. The van der Waals surface area contributed by atoms with Gasteiger partial charge in [-0.15, -0.1) is 0 Å². The zero-order chi connectivity index (χ0) is 19.0. The molecule has 136 valence electrons. The van der Waals surface area contributed by atoms with Crippen LogP contribution >= 0.6 is 11.6 Å². The highest BCUT2D eigenvalue weighted by atomic mass is 35.5. The Morgan fingerprint density at radius 1 is 1.04 bits per heavy atom. The first-order chi connectivity index (χ1) is 13.1. The fourth-order valence-electron chi connectivity index (χ4n) is 2.87. The van der Waals surface area contributed by atoms with Gasteiger partial charge in [-0.25, -0.2) is 14.6 Å². The molecule has 0 radical (unpaired) electrons. The van der Waals surface area contributed by atoms with Crippen LogP contribution in [0.1, 0.15) is 11.1 Å². The molecule has 6 nitrogen and oxygen atoms in total. The topological polar surface area (TPSA) is 64.9 Å². The highest BCUT2D eigenvalue weighted by Gasteiger charge is 2.12. The van der Waals surface area contributed by atoms with Gasteiger partial charge in [-0.1, -0.05) is 17.7 Å². The lowest BCUT2D eigenvalue weighted by Gasteiger charge is -2.09. The van der Waals surface area contributed by atoms with Crippen molar-refractivity contribution in [2.24, 2.45) is 0 Å². The van der Waals surface area contributed by atoms with Crippen LogP contribution in [-0.2, 0) is 0 Å². The number of hydrogen-bond donors (Lipinski definition) is 1. The van der Waals surface area contributed by atoms with Gasteiger partial charge in [0.05, 0.1) is 29.4 Å². The molecular weight excluding hydrogens is 362 g/mol. The second-order valence-corrected chi connectivity index (χ2v) is 6.67. The Morgan fingerprint density at radius 3 is 2.63 bits per heavy atom. The number of hydrogen-bond acceptors (Lipinski definition) is 5. The van der Waals surface area contributed by atoms with Gasteiger partial charge in [-0.2, -0.15) is 5.10 Å². The fourth-order valence-corrected chi connectivity index (χ4v) is 3.13. The van der Waals surface area contributed by atoms with Gasteiger partial charge in [0, 0.05) is 5.69 Å². The third kappa shape index (κ3) is 3.19. The SMILES string of the molecule is COc1ccc(Nc2ncnc3c2cnn3-c2ccc(C)c(C)c2)cc1Cl. The molecule has 2 heterocycles. The minimum atomic E-state index is 0.527. The Morgan fingerprint density at radius 2 is 1.89 bits per heavy atom. The molecule has 4 aromatic rings. The van der Waals surface area contributed by atoms with Gasteiger partial charge in [-0.3, -0.25) is 0 Å². The molecule has 0 atom stereocenters. The summed E-state index contributed by atoms with van der Waals surface area (Å²) in [6.45, 7) is 4.17. The van der Waals surface area contributed by atoms with Crippen LogP contribution < -0.4 is 10.1 Å². The number of methoxy groups -OCH3 is 1. The Bertz CT molecular complexity index is 1140. The summed E-state index contributed by atoms with van der Waals surface area (Å²) in [5.41, 5.74) is 4.94. The molecule has 0 amide bonds. The van der Waals surface area contributed by atoms with Crippen molar-refractivity contribution in [3.63, 3.8) is 0 Å². The number of fused-ring (bicyclic) bond motifs is 1. The summed E-state index contributed by atoms with van der Waals surface area (Å²) in [6, 6.07) is 11.7. The summed E-state index contributed by atoms with van der Waals surface area (Å²) in [5.74, 6) is 1.29. The predicted molar refractivity (Wildman–Crippen MR) is 107 cm³/mol. The number of anilines is 2. The zero-order valence-corrected chi connectivity index (χ0v) is 15.9. The van der Waals surface area contributed by atoms with Gasteiger partial charge >= 0.3 is 0 Å². The highest BCUT2D eigenvalue weighted by Crippen LogP contribution is 2.30. The summed E-state index contributed by atoms with van der Waals surface area (Å²) >= 11 is 6.21. The quantitative estimate of drug-likeness (QED) is 0.549. The van der Waals surface area contributed by atoms with Crippen molar-refractivity contribution in [1.82, 2.24) is 19.7 Å². The minimum Gasteiger partial charge on any atom is -0.495 e. The molecule has 2 aromatic carbocycles. The van der Waals surface area contributed by atoms with E-state index < -0.39 is 0 Å². The number of benzene rings is 2. The standard InChI is InChI=1S/C20H18ClN5O/c1-12-4-6-15(8-13(12)2)26-20-16(10-24-26)19(22-11-23-20)25-14-5-7-18(27-3)17(21)9-14/h4-11H,1-3H3,(H,22,23,25). The molecule has 0 aliphatic carbocycles. The molecule has 2 aromatic heterocycles. The van der Waals surface area contributed by atoms with Gasteiger partial charge < -0.3 is 10.1 Å². The maximum Gasteiger partial charge on any atom is 0.168 e. The van der Waals surface area contributed by atoms with Crippen molar-refractivity contribution in [3.05, 3.63) is 65.1 Å². The molecule has 0 aliphatic rings. The second kappa shape index (κ2) is 6.89. The van der Waals surface area contributed by atoms with Crippen LogP contribution in [0.3, 0.4) is 0 Å². The molecule has 1 N–H and O–H groups in total. The van der Waals surface area contributed by atoms with Crippen LogP contribution in [0.15, 0.2) is 48.9 Å². The van der Waals surface area contributed by atoms with E-state index in [1.54, 1.807) is 19.4 Å². The van der Waals surface area contributed by atoms with Crippen LogP contribution in [0.5, 0.6) is 5.75 Å². The van der Waals surface area contributed by atoms with Gasteiger partial charge in [0.1, 0.15) is 17.9 Å². The van der Waals surface area contributed by atoms with Crippen molar-refractivity contribution < 1.29 is 4.74 Å². The molecule has 0 saturated heterocycles. The number of halogens is 1. The Balaban J connectivity index is 1.74. The van der Waals surface area contributed by atoms with E-state index in [1.165, 1.54) is 17.5 Å². The summed E-state index contributed by atoms with van der Waals surface area (Å²) in [7, 11) is 1.59. The molecule has 0 fully saturated rings. The lowest BCUT2D eigenvalue weighted by atomic mass is 10.1. The van der Waals surface area contributed by atoms with Crippen LogP contribution in [0.25, 0.3) is 16.7 Å². The first kappa shape index (κ1) is 17.3. The first-order valence-corrected chi connectivity index (χ1v) is 8.81. The summed E-state index contributed by atoms with van der Waals surface area (Å²) in [4.78, 5) is 8.78. The molecular formula is C20H18ClN5O. The van der Waals surface area contributed by atoms with Crippen molar-refractivity contribution in [2.45, 2.75) is 13.8 Å². The lowest BCUT2D eigenvalue weighted by molar-refractivity contribution is 0.415. The molecule has 0 spiro atoms. The van der Waals surface area contributed by atoms with E-state index in [4.69, 9.17) is 16.3 Å².